The number of benzene rings is 2. The van der Waals surface area contributed by atoms with E-state index in [4.69, 9.17) is 17.6 Å². The Morgan fingerprint density at radius 1 is 0.805 bits per heavy atom. The molecule has 0 unspecified atom stereocenters. The summed E-state index contributed by atoms with van der Waals surface area (Å²) in [7, 11) is 0.487. The van der Waals surface area contributed by atoms with Gasteiger partial charge in [-0.3, -0.25) is 0 Å². The largest absolute Gasteiger partial charge is 0.314 e. The van der Waals surface area contributed by atoms with E-state index in [0.717, 1.165) is 11.4 Å². The minimum atomic E-state index is -1.46. The second-order valence-corrected chi connectivity index (χ2v) is 16.1. The van der Waals surface area contributed by atoms with E-state index >= 15 is 0 Å². The van der Waals surface area contributed by atoms with Crippen molar-refractivity contribution in [3.05, 3.63) is 59.2 Å². The monoisotopic (exact) mass is 578 g/mol. The van der Waals surface area contributed by atoms with Gasteiger partial charge in [0.1, 0.15) is 0 Å². The Morgan fingerprint density at radius 3 is 1.93 bits per heavy atom. The maximum atomic E-state index is 6.28. The molecule has 0 fully saturated rings. The smallest absolute Gasteiger partial charge is 0.0517 e. The molecule has 230 valence electrons. The molecule has 2 N–H and O–H groups in total. The van der Waals surface area contributed by atoms with Gasteiger partial charge in [0.2, 0.25) is 0 Å². The SMILES string of the molecule is C=S1(=C)CC(CCCC)(CCCC)[C@H](C)[C@H](c2ccc(CCCCCCCCCC)cc2)c2cc(N(C)N)ccc21. The highest BCUT2D eigenvalue weighted by atomic mass is 32.2. The molecular weight excluding hydrogens is 516 g/mol. The number of anilines is 1. The van der Waals surface area contributed by atoms with Crippen LogP contribution in [-0.2, 0) is 6.42 Å². The van der Waals surface area contributed by atoms with Gasteiger partial charge in [0, 0.05) is 17.9 Å². The molecule has 0 amide bonds. The van der Waals surface area contributed by atoms with Crippen molar-refractivity contribution >= 4 is 26.6 Å². The van der Waals surface area contributed by atoms with E-state index in [1.165, 1.54) is 118 Å². The molecule has 2 nitrogen and oxygen atoms in total. The van der Waals surface area contributed by atoms with E-state index in [0.29, 0.717) is 11.8 Å². The Bertz CT molecular complexity index is 1140. The molecule has 3 heteroatoms. The first kappa shape index (κ1) is 33.8. The Morgan fingerprint density at radius 2 is 1.37 bits per heavy atom. The van der Waals surface area contributed by atoms with Crippen LogP contribution in [0.4, 0.5) is 5.69 Å². The molecule has 0 aliphatic carbocycles. The van der Waals surface area contributed by atoms with Gasteiger partial charge in [-0.25, -0.2) is 5.84 Å². The number of fused-ring (bicyclic) bond motifs is 1. The zero-order chi connectivity index (χ0) is 29.9. The molecule has 2 aromatic carbocycles. The van der Waals surface area contributed by atoms with Gasteiger partial charge in [-0.2, -0.15) is 9.21 Å². The van der Waals surface area contributed by atoms with E-state index in [1.54, 1.807) is 5.01 Å². The highest BCUT2D eigenvalue weighted by Crippen LogP contribution is 2.58. The van der Waals surface area contributed by atoms with Gasteiger partial charge < -0.3 is 5.01 Å². The number of nitrogens with zero attached hydrogens (tertiary/aromatic N) is 1. The van der Waals surface area contributed by atoms with Crippen LogP contribution in [0.25, 0.3) is 0 Å². The lowest BCUT2D eigenvalue weighted by Gasteiger charge is -2.43. The molecule has 3 rings (SSSR count). The summed E-state index contributed by atoms with van der Waals surface area (Å²) < 4.78 is 0. The van der Waals surface area contributed by atoms with Crippen LogP contribution in [0, 0.1) is 11.3 Å². The molecule has 1 aliphatic heterocycles. The second-order valence-electron chi connectivity index (χ2n) is 13.3. The summed E-state index contributed by atoms with van der Waals surface area (Å²) in [6, 6.07) is 16.6. The summed E-state index contributed by atoms with van der Waals surface area (Å²) in [6.45, 7) is 9.52. The summed E-state index contributed by atoms with van der Waals surface area (Å²) in [5, 5.41) is 1.75. The van der Waals surface area contributed by atoms with Gasteiger partial charge >= 0.3 is 0 Å². The van der Waals surface area contributed by atoms with Gasteiger partial charge in [-0.1, -0.05) is 134 Å². The van der Waals surface area contributed by atoms with Crippen molar-refractivity contribution in [1.29, 1.82) is 0 Å². The van der Waals surface area contributed by atoms with Crippen molar-refractivity contribution in [3.8, 4) is 0 Å². The van der Waals surface area contributed by atoms with Crippen LogP contribution in [-0.4, -0.2) is 24.5 Å². The van der Waals surface area contributed by atoms with Gasteiger partial charge in [0.25, 0.3) is 0 Å². The van der Waals surface area contributed by atoms with Gasteiger partial charge in [-0.05, 0) is 77.7 Å². The number of nitrogens with two attached hydrogens (primary N) is 1. The number of hydrazine groups is 1. The van der Waals surface area contributed by atoms with Crippen LogP contribution in [0.5, 0.6) is 0 Å². The highest BCUT2D eigenvalue weighted by Gasteiger charge is 2.44. The molecular formula is C38H62N2S. The molecule has 0 spiro atoms. The third-order valence-corrected chi connectivity index (χ3v) is 12.4. The van der Waals surface area contributed by atoms with Gasteiger partial charge in [0.15, 0.2) is 0 Å². The lowest BCUT2D eigenvalue weighted by molar-refractivity contribution is 0.150. The average Bonchev–Trinajstić information content (AvgIpc) is 3.03. The average molecular weight is 579 g/mol. The zero-order valence-corrected chi connectivity index (χ0v) is 28.2. The number of hydrogen-bond donors (Lipinski definition) is 1. The van der Waals surface area contributed by atoms with Crippen molar-refractivity contribution in [2.24, 2.45) is 17.2 Å². The van der Waals surface area contributed by atoms with Crippen molar-refractivity contribution in [2.45, 2.75) is 135 Å². The highest BCUT2D eigenvalue weighted by molar-refractivity contribution is 8.27. The summed E-state index contributed by atoms with van der Waals surface area (Å²) >= 11 is 0. The third kappa shape index (κ3) is 8.90. The van der Waals surface area contributed by atoms with Crippen molar-refractivity contribution in [3.63, 3.8) is 0 Å². The fourth-order valence-corrected chi connectivity index (χ4v) is 10.2. The lowest BCUT2D eigenvalue weighted by Crippen LogP contribution is -2.35. The standard InChI is InChI=1S/C38H62N2S/c1-8-11-14-15-16-17-18-19-20-32-21-23-33(24-22-32)37-31(4)38(27-12-9-2,28-13-10-3)30-41(6,7)36-26-25-34(40(5)39)29-35(36)37/h21-26,29,31,37H,6-20,27-28,30,39H2,1-5H3/t31-,37-/m1/s1. The van der Waals surface area contributed by atoms with Crippen LogP contribution < -0.4 is 10.9 Å². The fourth-order valence-electron chi connectivity index (χ4n) is 7.38. The predicted octanol–water partition coefficient (Wildman–Crippen LogP) is 10.9. The Labute approximate surface area is 255 Å². The van der Waals surface area contributed by atoms with E-state index in [2.05, 4.69) is 70.2 Å². The number of hydrogen-bond acceptors (Lipinski definition) is 2. The number of rotatable bonds is 17. The Hall–Kier alpha value is -1.71. The number of unbranched alkanes of at least 4 members (excludes halogenated alkanes) is 9. The summed E-state index contributed by atoms with van der Waals surface area (Å²) in [4.78, 5) is 1.39. The molecule has 0 aromatic heterocycles. The second kappa shape index (κ2) is 16.2. The third-order valence-electron chi connectivity index (χ3n) is 9.95. The Kier molecular flexibility index (Phi) is 13.4. The van der Waals surface area contributed by atoms with E-state index in [-0.39, 0.29) is 5.41 Å². The summed E-state index contributed by atoms with van der Waals surface area (Å²) in [5.41, 5.74) is 5.66. The molecule has 0 radical (unpaired) electrons. The van der Waals surface area contributed by atoms with Crippen LogP contribution in [0.1, 0.15) is 140 Å². The summed E-state index contributed by atoms with van der Waals surface area (Å²) in [5.74, 6) is 18.0. The molecule has 41 heavy (non-hydrogen) atoms. The van der Waals surface area contributed by atoms with Crippen molar-refractivity contribution in [1.82, 2.24) is 0 Å². The van der Waals surface area contributed by atoms with E-state index < -0.39 is 9.21 Å². The number of aryl methyl sites for hydroxylation is 1. The molecule has 2 aromatic rings. The maximum Gasteiger partial charge on any atom is 0.0517 e. The van der Waals surface area contributed by atoms with Crippen LogP contribution >= 0.6 is 9.21 Å². The first-order valence-electron chi connectivity index (χ1n) is 16.9. The van der Waals surface area contributed by atoms with E-state index in [1.807, 2.05) is 7.05 Å². The zero-order valence-electron chi connectivity index (χ0n) is 27.4. The molecule has 1 heterocycles. The minimum absolute atomic E-state index is 0.249. The lowest BCUT2D eigenvalue weighted by atomic mass is 9.63. The van der Waals surface area contributed by atoms with Crippen LogP contribution in [0.15, 0.2) is 47.4 Å². The first-order chi connectivity index (χ1) is 19.7. The maximum absolute atomic E-state index is 6.28. The first-order valence-corrected chi connectivity index (χ1v) is 19.0. The summed E-state index contributed by atoms with van der Waals surface area (Å²) in [6.07, 6.45) is 19.8. The molecule has 2 atom stereocenters. The predicted molar refractivity (Wildman–Crippen MR) is 189 cm³/mol. The topological polar surface area (TPSA) is 29.3 Å². The van der Waals surface area contributed by atoms with Crippen molar-refractivity contribution in [2.75, 3.05) is 17.8 Å². The van der Waals surface area contributed by atoms with E-state index in [9.17, 15) is 0 Å². The molecule has 0 bridgehead atoms. The van der Waals surface area contributed by atoms with Crippen LogP contribution in [0.2, 0.25) is 0 Å². The molecule has 0 saturated carbocycles. The van der Waals surface area contributed by atoms with Gasteiger partial charge in [0.05, 0.1) is 5.69 Å². The quantitative estimate of drug-likeness (QED) is 0.0875. The van der Waals surface area contributed by atoms with Crippen molar-refractivity contribution < 1.29 is 0 Å². The minimum Gasteiger partial charge on any atom is -0.314 e. The molecule has 1 aliphatic rings. The Balaban J connectivity index is 1.94. The van der Waals surface area contributed by atoms with Gasteiger partial charge in [-0.15, -0.1) is 0 Å². The molecule has 0 saturated heterocycles. The fraction of sp³-hybridized carbons (Fsp3) is 0.632. The van der Waals surface area contributed by atoms with Crippen LogP contribution in [0.3, 0.4) is 0 Å². The normalized spacial score (nSPS) is 19.5.